The molecule has 1 aromatic carbocycles. The highest BCUT2D eigenvalue weighted by molar-refractivity contribution is 5.91. The predicted molar refractivity (Wildman–Crippen MR) is 74.5 cm³/mol. The van der Waals surface area contributed by atoms with Crippen molar-refractivity contribution < 1.29 is 4.79 Å². The summed E-state index contributed by atoms with van der Waals surface area (Å²) in [5.74, 6) is -0.0333. The van der Waals surface area contributed by atoms with Crippen molar-refractivity contribution in [1.29, 1.82) is 0 Å². The quantitative estimate of drug-likeness (QED) is 0.857. The van der Waals surface area contributed by atoms with E-state index in [0.29, 0.717) is 19.5 Å². The van der Waals surface area contributed by atoms with Crippen molar-refractivity contribution in [3.63, 3.8) is 0 Å². The first kappa shape index (κ1) is 13.3. The molecule has 0 aliphatic heterocycles. The minimum Gasteiger partial charge on any atom is -0.326 e. The molecule has 0 unspecified atom stereocenters. The highest BCUT2D eigenvalue weighted by Gasteiger charge is 2.06. The molecule has 0 saturated heterocycles. The van der Waals surface area contributed by atoms with E-state index in [-0.39, 0.29) is 5.91 Å². The second-order valence-corrected chi connectivity index (χ2v) is 4.38. The average Bonchev–Trinajstić information content (AvgIpc) is 2.83. The number of anilines is 1. The van der Waals surface area contributed by atoms with E-state index < -0.39 is 0 Å². The van der Waals surface area contributed by atoms with Gasteiger partial charge < -0.3 is 11.1 Å². The van der Waals surface area contributed by atoms with Gasteiger partial charge in [-0.05, 0) is 24.6 Å². The number of nitrogens with one attached hydrogen (secondary N) is 1. The van der Waals surface area contributed by atoms with Gasteiger partial charge in [-0.3, -0.25) is 9.48 Å². The van der Waals surface area contributed by atoms with Crippen LogP contribution < -0.4 is 11.1 Å². The van der Waals surface area contributed by atoms with E-state index in [1.807, 2.05) is 43.5 Å². The first-order valence-electron chi connectivity index (χ1n) is 6.27. The van der Waals surface area contributed by atoms with Gasteiger partial charge in [0.15, 0.2) is 0 Å². The Morgan fingerprint density at radius 2 is 2.16 bits per heavy atom. The van der Waals surface area contributed by atoms with E-state index in [2.05, 4.69) is 10.4 Å². The van der Waals surface area contributed by atoms with Crippen molar-refractivity contribution in [2.75, 3.05) is 5.32 Å². The standard InChI is InChI=1S/C14H18N4O/c1-11-6-8-18(17-11)9-7-14(19)16-13-5-3-2-4-12(13)10-15/h2-6,8H,7,9-10,15H2,1H3,(H,16,19). The molecule has 0 saturated carbocycles. The number of nitrogens with two attached hydrogens (primary N) is 1. The van der Waals surface area contributed by atoms with Gasteiger partial charge in [-0.2, -0.15) is 5.10 Å². The monoisotopic (exact) mass is 258 g/mol. The van der Waals surface area contributed by atoms with Crippen LogP contribution in [0.5, 0.6) is 0 Å². The number of hydrogen-bond donors (Lipinski definition) is 2. The van der Waals surface area contributed by atoms with Crippen molar-refractivity contribution in [3.05, 3.63) is 47.8 Å². The van der Waals surface area contributed by atoms with Gasteiger partial charge in [-0.1, -0.05) is 18.2 Å². The largest absolute Gasteiger partial charge is 0.326 e. The van der Waals surface area contributed by atoms with Gasteiger partial charge in [-0.15, -0.1) is 0 Å². The molecule has 3 N–H and O–H groups in total. The van der Waals surface area contributed by atoms with E-state index in [0.717, 1.165) is 16.9 Å². The first-order valence-corrected chi connectivity index (χ1v) is 6.27. The van der Waals surface area contributed by atoms with E-state index in [1.54, 1.807) is 4.68 Å². The van der Waals surface area contributed by atoms with Crippen LogP contribution >= 0.6 is 0 Å². The fraction of sp³-hybridized carbons (Fsp3) is 0.286. The van der Waals surface area contributed by atoms with Crippen LogP contribution in [0, 0.1) is 6.92 Å². The molecule has 2 aromatic rings. The summed E-state index contributed by atoms with van der Waals surface area (Å²) in [5.41, 5.74) is 8.30. The highest BCUT2D eigenvalue weighted by atomic mass is 16.1. The molecule has 2 rings (SSSR count). The van der Waals surface area contributed by atoms with E-state index in [1.165, 1.54) is 0 Å². The van der Waals surface area contributed by atoms with Crippen LogP contribution in [0.15, 0.2) is 36.5 Å². The van der Waals surface area contributed by atoms with Crippen molar-refractivity contribution >= 4 is 11.6 Å². The number of carbonyl (C=O) groups is 1. The number of aryl methyl sites for hydroxylation is 2. The summed E-state index contributed by atoms with van der Waals surface area (Å²) in [6, 6.07) is 9.47. The minimum atomic E-state index is -0.0333. The van der Waals surface area contributed by atoms with Gasteiger partial charge in [0.05, 0.1) is 5.69 Å². The van der Waals surface area contributed by atoms with Gasteiger partial charge in [0.1, 0.15) is 0 Å². The Morgan fingerprint density at radius 3 is 2.84 bits per heavy atom. The van der Waals surface area contributed by atoms with Crippen molar-refractivity contribution in [2.24, 2.45) is 5.73 Å². The van der Waals surface area contributed by atoms with Crippen LogP contribution in [-0.2, 0) is 17.9 Å². The molecule has 0 bridgehead atoms. The fourth-order valence-corrected chi connectivity index (χ4v) is 1.84. The summed E-state index contributed by atoms with van der Waals surface area (Å²) >= 11 is 0. The van der Waals surface area contributed by atoms with Crippen molar-refractivity contribution in [3.8, 4) is 0 Å². The second-order valence-electron chi connectivity index (χ2n) is 4.38. The Kier molecular flexibility index (Phi) is 4.30. The lowest BCUT2D eigenvalue weighted by Crippen LogP contribution is -2.16. The van der Waals surface area contributed by atoms with Crippen LogP contribution in [0.2, 0.25) is 0 Å². The Balaban J connectivity index is 1.90. The highest BCUT2D eigenvalue weighted by Crippen LogP contribution is 2.14. The van der Waals surface area contributed by atoms with Crippen LogP contribution in [-0.4, -0.2) is 15.7 Å². The number of hydrogen-bond acceptors (Lipinski definition) is 3. The summed E-state index contributed by atoms with van der Waals surface area (Å²) in [6.45, 7) is 2.91. The molecule has 5 nitrogen and oxygen atoms in total. The molecule has 0 aliphatic rings. The third kappa shape index (κ3) is 3.66. The van der Waals surface area contributed by atoms with Crippen LogP contribution in [0.4, 0.5) is 5.69 Å². The topological polar surface area (TPSA) is 72.9 Å². The molecular weight excluding hydrogens is 240 g/mol. The molecule has 0 spiro atoms. The van der Waals surface area contributed by atoms with Crippen LogP contribution in [0.1, 0.15) is 17.7 Å². The average molecular weight is 258 g/mol. The molecule has 1 amide bonds. The molecule has 0 atom stereocenters. The first-order chi connectivity index (χ1) is 9.19. The number of rotatable bonds is 5. The van der Waals surface area contributed by atoms with Gasteiger partial charge >= 0.3 is 0 Å². The van der Waals surface area contributed by atoms with Gasteiger partial charge in [0, 0.05) is 31.4 Å². The number of para-hydroxylation sites is 1. The molecule has 1 heterocycles. The number of benzene rings is 1. The molecule has 100 valence electrons. The summed E-state index contributed by atoms with van der Waals surface area (Å²) in [5, 5.41) is 7.12. The summed E-state index contributed by atoms with van der Waals surface area (Å²) < 4.78 is 1.77. The van der Waals surface area contributed by atoms with E-state index in [9.17, 15) is 4.79 Å². The normalized spacial score (nSPS) is 10.4. The zero-order chi connectivity index (χ0) is 13.7. The van der Waals surface area contributed by atoms with Gasteiger partial charge in [0.25, 0.3) is 0 Å². The van der Waals surface area contributed by atoms with Gasteiger partial charge in [0.2, 0.25) is 5.91 Å². The molecular formula is C14H18N4O. The molecule has 5 heteroatoms. The predicted octanol–water partition coefficient (Wildman–Crippen LogP) is 1.68. The third-order valence-electron chi connectivity index (χ3n) is 2.85. The second kappa shape index (κ2) is 6.15. The molecule has 0 fully saturated rings. The molecule has 19 heavy (non-hydrogen) atoms. The zero-order valence-corrected chi connectivity index (χ0v) is 11.0. The number of nitrogens with zero attached hydrogens (tertiary/aromatic N) is 2. The van der Waals surface area contributed by atoms with Crippen LogP contribution in [0.25, 0.3) is 0 Å². The Hall–Kier alpha value is -2.14. The maximum atomic E-state index is 11.9. The lowest BCUT2D eigenvalue weighted by atomic mass is 10.2. The smallest absolute Gasteiger partial charge is 0.226 e. The number of carbonyl (C=O) groups excluding carboxylic acids is 1. The lowest BCUT2D eigenvalue weighted by Gasteiger charge is -2.09. The van der Waals surface area contributed by atoms with E-state index in [4.69, 9.17) is 5.73 Å². The number of aromatic nitrogens is 2. The van der Waals surface area contributed by atoms with Gasteiger partial charge in [-0.25, -0.2) is 0 Å². The molecule has 1 aromatic heterocycles. The zero-order valence-electron chi connectivity index (χ0n) is 11.0. The van der Waals surface area contributed by atoms with Crippen molar-refractivity contribution in [2.45, 2.75) is 26.4 Å². The Labute approximate surface area is 112 Å². The fourth-order valence-electron chi connectivity index (χ4n) is 1.84. The van der Waals surface area contributed by atoms with E-state index >= 15 is 0 Å². The summed E-state index contributed by atoms with van der Waals surface area (Å²) in [6.07, 6.45) is 2.26. The SMILES string of the molecule is Cc1ccn(CCC(=O)Nc2ccccc2CN)n1. The summed E-state index contributed by atoms with van der Waals surface area (Å²) in [7, 11) is 0. The minimum absolute atomic E-state index is 0.0333. The third-order valence-corrected chi connectivity index (χ3v) is 2.85. The summed E-state index contributed by atoms with van der Waals surface area (Å²) in [4.78, 5) is 11.9. The number of amides is 1. The van der Waals surface area contributed by atoms with Crippen LogP contribution in [0.3, 0.4) is 0 Å². The lowest BCUT2D eigenvalue weighted by molar-refractivity contribution is -0.116. The molecule has 0 aliphatic carbocycles. The molecule has 0 radical (unpaired) electrons. The Morgan fingerprint density at radius 1 is 1.37 bits per heavy atom. The maximum absolute atomic E-state index is 11.9. The van der Waals surface area contributed by atoms with Crippen molar-refractivity contribution in [1.82, 2.24) is 9.78 Å². The maximum Gasteiger partial charge on any atom is 0.226 e. The Bertz CT molecular complexity index is 562.